The molecule has 4 rings (SSSR count). The Balaban J connectivity index is 1.64. The first kappa shape index (κ1) is 19.6. The molecule has 2 aliphatic rings. The highest BCUT2D eigenvalue weighted by Gasteiger charge is 2.38. The summed E-state index contributed by atoms with van der Waals surface area (Å²) in [6, 6.07) is 19.1. The number of aryl methyl sites for hydroxylation is 1. The first-order valence-electron chi connectivity index (χ1n) is 9.97. The second-order valence-electron chi connectivity index (χ2n) is 8.02. The van der Waals surface area contributed by atoms with Crippen LogP contribution in [-0.2, 0) is 4.79 Å². The molecule has 0 saturated carbocycles. The van der Waals surface area contributed by atoms with Gasteiger partial charge >= 0.3 is 0 Å². The molecule has 1 atom stereocenters. The molecule has 1 fully saturated rings. The molecule has 2 aliphatic heterocycles. The summed E-state index contributed by atoms with van der Waals surface area (Å²) in [5.74, 6) is 1.12. The molecule has 1 saturated heterocycles. The van der Waals surface area contributed by atoms with Crippen LogP contribution in [-0.4, -0.2) is 23.4 Å². The van der Waals surface area contributed by atoms with Crippen LogP contribution in [0.3, 0.4) is 0 Å². The third-order valence-electron chi connectivity index (χ3n) is 5.67. The van der Waals surface area contributed by atoms with E-state index in [1.54, 1.807) is 16.7 Å². The summed E-state index contributed by atoms with van der Waals surface area (Å²) in [5.41, 5.74) is 5.34. The van der Waals surface area contributed by atoms with E-state index in [1.807, 2.05) is 6.07 Å². The molecule has 2 aromatic rings. The number of thioether (sulfide) groups is 1. The van der Waals surface area contributed by atoms with Crippen LogP contribution in [0.2, 0.25) is 0 Å². The van der Waals surface area contributed by atoms with Crippen LogP contribution in [0, 0.1) is 18.3 Å². The molecule has 0 aliphatic carbocycles. The van der Waals surface area contributed by atoms with Crippen molar-refractivity contribution in [1.82, 2.24) is 4.90 Å². The number of fused-ring (bicyclic) bond motifs is 1. The Hall–Kier alpha value is -2.71. The van der Waals surface area contributed by atoms with Crippen molar-refractivity contribution in [2.75, 3.05) is 17.4 Å². The maximum atomic E-state index is 13.0. The number of hydrogen-bond acceptors (Lipinski definition) is 4. The van der Waals surface area contributed by atoms with Gasteiger partial charge in [-0.1, -0.05) is 62.0 Å². The highest BCUT2D eigenvalue weighted by molar-refractivity contribution is 8.03. The number of hydrogen-bond donors (Lipinski definition) is 0. The van der Waals surface area contributed by atoms with Crippen molar-refractivity contribution >= 4 is 23.4 Å². The fourth-order valence-corrected chi connectivity index (χ4v) is 5.12. The van der Waals surface area contributed by atoms with Crippen LogP contribution in [0.25, 0.3) is 0 Å². The van der Waals surface area contributed by atoms with Crippen molar-refractivity contribution in [3.63, 3.8) is 0 Å². The van der Waals surface area contributed by atoms with Crippen molar-refractivity contribution in [2.45, 2.75) is 39.0 Å². The van der Waals surface area contributed by atoms with Gasteiger partial charge in [-0.25, -0.2) is 0 Å². The highest BCUT2D eigenvalue weighted by Crippen LogP contribution is 2.43. The zero-order valence-corrected chi connectivity index (χ0v) is 17.9. The fourth-order valence-electron chi connectivity index (χ4n) is 3.95. The minimum Gasteiger partial charge on any atom is -0.344 e. The number of benzene rings is 2. The summed E-state index contributed by atoms with van der Waals surface area (Å²) in [5, 5.41) is 10.8. The molecular weight excluding hydrogens is 378 g/mol. The van der Waals surface area contributed by atoms with Gasteiger partial charge in [0.1, 0.15) is 0 Å². The van der Waals surface area contributed by atoms with Crippen molar-refractivity contribution in [1.29, 1.82) is 5.26 Å². The predicted molar refractivity (Wildman–Crippen MR) is 118 cm³/mol. The van der Waals surface area contributed by atoms with Crippen LogP contribution < -0.4 is 4.90 Å². The van der Waals surface area contributed by atoms with Crippen molar-refractivity contribution in [3.8, 4) is 6.07 Å². The third kappa shape index (κ3) is 3.77. The molecule has 0 spiro atoms. The van der Waals surface area contributed by atoms with E-state index in [9.17, 15) is 10.1 Å². The number of anilines is 1. The predicted octanol–water partition coefficient (Wildman–Crippen LogP) is 5.34. The lowest BCUT2D eigenvalue weighted by Crippen LogP contribution is -2.47. The molecule has 0 bridgehead atoms. The van der Waals surface area contributed by atoms with Crippen molar-refractivity contribution in [2.24, 2.45) is 0 Å². The SMILES string of the molecule is Cc1cccc(N2CSC3=C(C#N)C(c4ccc(C(C)C)cc4)CC(=O)N3C2)c1. The van der Waals surface area contributed by atoms with Crippen molar-refractivity contribution in [3.05, 3.63) is 75.8 Å². The summed E-state index contributed by atoms with van der Waals surface area (Å²) in [7, 11) is 0. The van der Waals surface area contributed by atoms with E-state index in [2.05, 4.69) is 74.2 Å². The molecular formula is C24H25N3OS. The zero-order chi connectivity index (χ0) is 20.5. The molecule has 2 aromatic carbocycles. The topological polar surface area (TPSA) is 47.3 Å². The van der Waals surface area contributed by atoms with E-state index >= 15 is 0 Å². The lowest BCUT2D eigenvalue weighted by molar-refractivity contribution is -0.129. The van der Waals surface area contributed by atoms with Gasteiger partial charge < -0.3 is 4.90 Å². The van der Waals surface area contributed by atoms with Crippen LogP contribution >= 0.6 is 11.8 Å². The quantitative estimate of drug-likeness (QED) is 0.694. The maximum Gasteiger partial charge on any atom is 0.229 e. The van der Waals surface area contributed by atoms with Gasteiger partial charge in [-0.2, -0.15) is 5.26 Å². The van der Waals surface area contributed by atoms with E-state index in [0.717, 1.165) is 27.7 Å². The lowest BCUT2D eigenvalue weighted by Gasteiger charge is -2.42. The molecule has 0 N–H and O–H groups in total. The summed E-state index contributed by atoms with van der Waals surface area (Å²) in [6.45, 7) is 6.90. The zero-order valence-electron chi connectivity index (χ0n) is 17.1. The summed E-state index contributed by atoms with van der Waals surface area (Å²) in [4.78, 5) is 17.0. The van der Waals surface area contributed by atoms with Crippen LogP contribution in [0.15, 0.2) is 59.1 Å². The molecule has 29 heavy (non-hydrogen) atoms. The Bertz CT molecular complexity index is 1000. The van der Waals surface area contributed by atoms with Gasteiger partial charge in [0.15, 0.2) is 0 Å². The number of rotatable bonds is 3. The average molecular weight is 404 g/mol. The number of amides is 1. The molecule has 1 amide bonds. The van der Waals surface area contributed by atoms with Crippen LogP contribution in [0.1, 0.15) is 48.8 Å². The van der Waals surface area contributed by atoms with Crippen LogP contribution in [0.5, 0.6) is 0 Å². The first-order valence-corrected chi connectivity index (χ1v) is 11.0. The number of allylic oxidation sites excluding steroid dienone is 1. The van der Waals surface area contributed by atoms with E-state index in [0.29, 0.717) is 19.0 Å². The minimum absolute atomic E-state index is 0.0850. The molecule has 2 heterocycles. The van der Waals surface area contributed by atoms with Gasteiger partial charge in [-0.15, -0.1) is 0 Å². The standard InChI is InChI=1S/C24H25N3OS/c1-16(2)18-7-9-19(10-8-18)21-12-23(28)27-14-26(15-29-24(27)22(21)13-25)20-6-4-5-17(3)11-20/h4-11,16,21H,12,14-15H2,1-3H3. The largest absolute Gasteiger partial charge is 0.344 e. The number of nitriles is 1. The van der Waals surface area contributed by atoms with Gasteiger partial charge in [0.2, 0.25) is 5.91 Å². The number of carbonyl (C=O) groups is 1. The van der Waals surface area contributed by atoms with E-state index in [1.165, 1.54) is 11.1 Å². The average Bonchev–Trinajstić information content (AvgIpc) is 2.73. The van der Waals surface area contributed by atoms with Gasteiger partial charge in [0.25, 0.3) is 0 Å². The second kappa shape index (κ2) is 7.96. The van der Waals surface area contributed by atoms with Gasteiger partial charge in [0.05, 0.1) is 29.2 Å². The van der Waals surface area contributed by atoms with Gasteiger partial charge in [-0.3, -0.25) is 9.69 Å². The van der Waals surface area contributed by atoms with E-state index in [-0.39, 0.29) is 11.8 Å². The van der Waals surface area contributed by atoms with Gasteiger partial charge in [-0.05, 0) is 41.7 Å². The smallest absolute Gasteiger partial charge is 0.229 e. The maximum absolute atomic E-state index is 13.0. The molecule has 0 aromatic heterocycles. The molecule has 148 valence electrons. The molecule has 5 heteroatoms. The molecule has 1 unspecified atom stereocenters. The van der Waals surface area contributed by atoms with Gasteiger partial charge in [0, 0.05) is 18.0 Å². The first-order chi connectivity index (χ1) is 14.0. The molecule has 4 nitrogen and oxygen atoms in total. The Morgan fingerprint density at radius 3 is 2.59 bits per heavy atom. The Kier molecular flexibility index (Phi) is 5.38. The summed E-state index contributed by atoms with van der Waals surface area (Å²) in [6.07, 6.45) is 0.343. The summed E-state index contributed by atoms with van der Waals surface area (Å²) >= 11 is 1.59. The van der Waals surface area contributed by atoms with E-state index in [4.69, 9.17) is 0 Å². The van der Waals surface area contributed by atoms with Crippen molar-refractivity contribution < 1.29 is 4.79 Å². The second-order valence-corrected chi connectivity index (χ2v) is 8.96. The minimum atomic E-state index is -0.155. The van der Waals surface area contributed by atoms with Crippen LogP contribution in [0.4, 0.5) is 5.69 Å². The normalized spacial score (nSPS) is 19.4. The highest BCUT2D eigenvalue weighted by atomic mass is 32.2. The Labute approximate surface area is 176 Å². The Morgan fingerprint density at radius 1 is 1.17 bits per heavy atom. The number of carbonyl (C=O) groups excluding carboxylic acids is 1. The Morgan fingerprint density at radius 2 is 1.93 bits per heavy atom. The fraction of sp³-hybridized carbons (Fsp3) is 0.333. The third-order valence-corrected chi connectivity index (χ3v) is 6.82. The lowest BCUT2D eigenvalue weighted by atomic mass is 9.85. The summed E-state index contributed by atoms with van der Waals surface area (Å²) < 4.78 is 0. The molecule has 0 radical (unpaired) electrons. The monoisotopic (exact) mass is 403 g/mol. The number of nitrogens with zero attached hydrogens (tertiary/aromatic N) is 3. The van der Waals surface area contributed by atoms with E-state index < -0.39 is 0 Å².